The molecule has 1 fully saturated rings. The molecule has 5 rings (SSSR count). The lowest BCUT2D eigenvalue weighted by molar-refractivity contribution is 0.0696. The highest BCUT2D eigenvalue weighted by Gasteiger charge is 2.22. The smallest absolute Gasteiger partial charge is 0.336 e. The van der Waals surface area contributed by atoms with Crippen molar-refractivity contribution in [3.63, 3.8) is 0 Å². The van der Waals surface area contributed by atoms with Gasteiger partial charge in [0.15, 0.2) is 0 Å². The Morgan fingerprint density at radius 2 is 1.68 bits per heavy atom. The predicted octanol–water partition coefficient (Wildman–Crippen LogP) is 5.23. The molecule has 1 saturated heterocycles. The van der Waals surface area contributed by atoms with E-state index in [-0.39, 0.29) is 11.5 Å². The number of piperidine rings is 1. The van der Waals surface area contributed by atoms with Gasteiger partial charge in [0.05, 0.1) is 18.9 Å². The summed E-state index contributed by atoms with van der Waals surface area (Å²) < 4.78 is 5.25. The summed E-state index contributed by atoms with van der Waals surface area (Å²) in [6.45, 7) is 1.66. The number of benzene rings is 3. The molecule has 4 aromatic rings. The van der Waals surface area contributed by atoms with Crippen LogP contribution in [-0.2, 0) is 6.42 Å². The lowest BCUT2D eigenvalue weighted by atomic mass is 9.90. The van der Waals surface area contributed by atoms with Gasteiger partial charge in [-0.15, -0.1) is 0 Å². The molecule has 3 N–H and O–H groups in total. The molecule has 10 heteroatoms. The Morgan fingerprint density at radius 1 is 0.975 bits per heavy atom. The van der Waals surface area contributed by atoms with Gasteiger partial charge in [-0.25, -0.2) is 10.2 Å². The zero-order valence-corrected chi connectivity index (χ0v) is 22.2. The summed E-state index contributed by atoms with van der Waals surface area (Å²) in [5, 5.41) is 16.9. The van der Waals surface area contributed by atoms with Crippen LogP contribution in [0.2, 0.25) is 0 Å². The van der Waals surface area contributed by atoms with Crippen LogP contribution >= 0.6 is 0 Å². The summed E-state index contributed by atoms with van der Waals surface area (Å²) in [6.07, 6.45) is 4.58. The third-order valence-electron chi connectivity index (χ3n) is 6.79. The number of aromatic nitrogens is 3. The highest BCUT2D eigenvalue weighted by Crippen LogP contribution is 2.26. The van der Waals surface area contributed by atoms with Crippen molar-refractivity contribution >= 4 is 35.7 Å². The molecule has 1 aliphatic rings. The van der Waals surface area contributed by atoms with Crippen molar-refractivity contribution in [1.82, 2.24) is 15.0 Å². The second-order valence-electron chi connectivity index (χ2n) is 9.52. The number of rotatable bonds is 10. The number of aromatic carboxylic acids is 1. The maximum atomic E-state index is 11.5. The lowest BCUT2D eigenvalue weighted by Gasteiger charge is -2.32. The Kier molecular flexibility index (Phi) is 8.45. The van der Waals surface area contributed by atoms with Gasteiger partial charge in [0.2, 0.25) is 17.8 Å². The van der Waals surface area contributed by atoms with Gasteiger partial charge in [0, 0.05) is 24.3 Å². The van der Waals surface area contributed by atoms with Gasteiger partial charge in [-0.3, -0.25) is 0 Å². The molecule has 10 nitrogen and oxygen atoms in total. The number of nitrogens with one attached hydrogen (secondary N) is 2. The van der Waals surface area contributed by atoms with Crippen molar-refractivity contribution in [2.24, 2.45) is 11.0 Å². The molecule has 2 heterocycles. The van der Waals surface area contributed by atoms with Crippen LogP contribution in [0.15, 0.2) is 84.0 Å². The molecular weight excluding hydrogens is 506 g/mol. The molecule has 0 amide bonds. The number of carboxylic acid groups (broad SMARTS) is 1. The minimum absolute atomic E-state index is 0.157. The van der Waals surface area contributed by atoms with Crippen LogP contribution in [0, 0.1) is 5.92 Å². The van der Waals surface area contributed by atoms with Crippen molar-refractivity contribution in [2.45, 2.75) is 19.3 Å². The molecule has 1 aliphatic heterocycles. The number of carbonyl (C=O) groups is 1. The minimum Gasteiger partial charge on any atom is -0.497 e. The molecule has 3 aromatic carbocycles. The lowest BCUT2D eigenvalue weighted by Crippen LogP contribution is -2.35. The molecule has 1 aromatic heterocycles. The van der Waals surface area contributed by atoms with Gasteiger partial charge in [-0.1, -0.05) is 48.5 Å². The van der Waals surface area contributed by atoms with E-state index in [1.807, 2.05) is 30.3 Å². The minimum atomic E-state index is -1.02. The number of hydrazone groups is 1. The van der Waals surface area contributed by atoms with E-state index in [4.69, 9.17) is 9.72 Å². The van der Waals surface area contributed by atoms with E-state index in [0.717, 1.165) is 43.8 Å². The maximum absolute atomic E-state index is 11.5. The van der Waals surface area contributed by atoms with Crippen molar-refractivity contribution in [3.05, 3.63) is 95.6 Å². The van der Waals surface area contributed by atoms with E-state index in [1.54, 1.807) is 25.3 Å². The van der Waals surface area contributed by atoms with E-state index in [2.05, 4.69) is 55.0 Å². The summed E-state index contributed by atoms with van der Waals surface area (Å²) in [6, 6.07) is 24.7. The molecule has 40 heavy (non-hydrogen) atoms. The fourth-order valence-corrected chi connectivity index (χ4v) is 4.66. The molecule has 0 saturated carbocycles. The first-order chi connectivity index (χ1) is 19.6. The molecular formula is C30H31N7O3. The normalized spacial score (nSPS) is 13.8. The van der Waals surface area contributed by atoms with E-state index >= 15 is 0 Å². The largest absolute Gasteiger partial charge is 0.497 e. The summed E-state index contributed by atoms with van der Waals surface area (Å²) in [4.78, 5) is 27.5. The number of carboxylic acids is 1. The summed E-state index contributed by atoms with van der Waals surface area (Å²) in [7, 11) is 1.62. The molecule has 0 unspecified atom stereocenters. The van der Waals surface area contributed by atoms with Crippen molar-refractivity contribution in [3.8, 4) is 5.75 Å². The van der Waals surface area contributed by atoms with E-state index < -0.39 is 5.97 Å². The number of ether oxygens (including phenoxy) is 1. The van der Waals surface area contributed by atoms with Gasteiger partial charge >= 0.3 is 5.97 Å². The zero-order chi connectivity index (χ0) is 27.7. The summed E-state index contributed by atoms with van der Waals surface area (Å²) >= 11 is 0. The first kappa shape index (κ1) is 26.6. The van der Waals surface area contributed by atoms with Gasteiger partial charge in [0.25, 0.3) is 0 Å². The quantitative estimate of drug-likeness (QED) is 0.184. The first-order valence-corrected chi connectivity index (χ1v) is 13.1. The molecule has 0 spiro atoms. The van der Waals surface area contributed by atoms with Gasteiger partial charge in [-0.2, -0.15) is 20.1 Å². The number of hydrogen-bond donors (Lipinski definition) is 3. The van der Waals surface area contributed by atoms with E-state index in [9.17, 15) is 9.90 Å². The fourth-order valence-electron chi connectivity index (χ4n) is 4.66. The highest BCUT2D eigenvalue weighted by atomic mass is 16.5. The van der Waals surface area contributed by atoms with Crippen LogP contribution in [0.25, 0.3) is 0 Å². The zero-order valence-electron chi connectivity index (χ0n) is 22.2. The Balaban J connectivity index is 1.34. The summed E-state index contributed by atoms with van der Waals surface area (Å²) in [5.74, 6) is 1.49. The monoisotopic (exact) mass is 537 g/mol. The average molecular weight is 538 g/mol. The third-order valence-corrected chi connectivity index (χ3v) is 6.79. The van der Waals surface area contributed by atoms with Crippen molar-refractivity contribution < 1.29 is 14.6 Å². The standard InChI is InChI=1S/C30H31N7O3/c1-40-25-13-11-24(12-14-25)32-28-33-29(36-31-20-23-9-5-6-10-26(23)27(38)39)35-30(34-28)37-17-15-22(16-18-37)19-21-7-3-2-4-8-21/h2-14,20,22H,15-19H2,1H3,(H,38,39)(H2,32,33,34,35,36)/b31-20+. The van der Waals surface area contributed by atoms with Crippen LogP contribution < -0.4 is 20.4 Å². The third kappa shape index (κ3) is 6.90. The van der Waals surface area contributed by atoms with Gasteiger partial charge < -0.3 is 20.1 Å². The second-order valence-corrected chi connectivity index (χ2v) is 9.52. The average Bonchev–Trinajstić information content (AvgIpc) is 2.98. The Hall–Kier alpha value is -4.99. The summed E-state index contributed by atoms with van der Waals surface area (Å²) in [5.41, 5.74) is 5.63. The van der Waals surface area contributed by atoms with Crippen LogP contribution in [0.1, 0.15) is 34.3 Å². The first-order valence-electron chi connectivity index (χ1n) is 13.1. The van der Waals surface area contributed by atoms with Crippen LogP contribution in [0.4, 0.5) is 23.5 Å². The highest BCUT2D eigenvalue weighted by molar-refractivity contribution is 5.98. The molecule has 204 valence electrons. The molecule has 0 bridgehead atoms. The van der Waals surface area contributed by atoms with Crippen LogP contribution in [0.5, 0.6) is 5.75 Å². The van der Waals surface area contributed by atoms with Crippen molar-refractivity contribution in [2.75, 3.05) is 35.8 Å². The SMILES string of the molecule is COc1ccc(Nc2nc(N/N=C/c3ccccc3C(=O)O)nc(N3CCC(Cc4ccccc4)CC3)n2)cc1. The Labute approximate surface area is 232 Å². The van der Waals surface area contributed by atoms with Crippen molar-refractivity contribution in [1.29, 1.82) is 0 Å². The second kappa shape index (κ2) is 12.7. The van der Waals surface area contributed by atoms with Crippen LogP contribution in [-0.4, -0.2) is 52.4 Å². The number of methoxy groups -OCH3 is 1. The molecule has 0 atom stereocenters. The van der Waals surface area contributed by atoms with Gasteiger partial charge in [0.1, 0.15) is 5.75 Å². The number of nitrogens with zero attached hydrogens (tertiary/aromatic N) is 5. The van der Waals surface area contributed by atoms with Crippen LogP contribution in [0.3, 0.4) is 0 Å². The Bertz CT molecular complexity index is 1450. The van der Waals surface area contributed by atoms with E-state index in [0.29, 0.717) is 23.4 Å². The van der Waals surface area contributed by atoms with E-state index in [1.165, 1.54) is 17.8 Å². The topological polar surface area (TPSA) is 125 Å². The molecule has 0 radical (unpaired) electrons. The number of anilines is 4. The Morgan fingerprint density at radius 3 is 2.40 bits per heavy atom. The maximum Gasteiger partial charge on any atom is 0.336 e. The van der Waals surface area contributed by atoms with Gasteiger partial charge in [-0.05, 0) is 61.1 Å². The fraction of sp³-hybridized carbons (Fsp3) is 0.233. The molecule has 0 aliphatic carbocycles. The number of hydrogen-bond acceptors (Lipinski definition) is 9. The predicted molar refractivity (Wildman–Crippen MR) is 156 cm³/mol.